The largest absolute Gasteiger partial charge is 0.480 e. The number of nitrogens with one attached hydrogen (secondary N) is 1. The Kier molecular flexibility index (Phi) is 32.3. The quantitative estimate of drug-likeness (QED) is 0.0447. The molecule has 0 aliphatic heterocycles. The highest BCUT2D eigenvalue weighted by Crippen LogP contribution is 2.14. The lowest BCUT2D eigenvalue weighted by Gasteiger charge is -2.15. The van der Waals surface area contributed by atoms with Crippen LogP contribution in [0.3, 0.4) is 0 Å². The minimum absolute atomic E-state index is 0.112. The van der Waals surface area contributed by atoms with Crippen molar-refractivity contribution in [3.63, 3.8) is 0 Å². The van der Waals surface area contributed by atoms with Crippen molar-refractivity contribution in [2.24, 2.45) is 0 Å². The van der Waals surface area contributed by atoms with Gasteiger partial charge in [0.1, 0.15) is 12.6 Å². The van der Waals surface area contributed by atoms with Crippen LogP contribution in [0.1, 0.15) is 149 Å². The number of carboxylic acid groups (broad SMARTS) is 1. The van der Waals surface area contributed by atoms with Crippen LogP contribution in [0.4, 0.5) is 0 Å². The molecule has 0 radical (unpaired) electrons. The average molecular weight is 640 g/mol. The lowest BCUT2D eigenvalue weighted by molar-refractivity contribution is -0.147. The molecule has 2 N–H and O–H groups in total. The molecule has 0 saturated carbocycles. The normalized spacial score (nSPS) is 12.9. The van der Waals surface area contributed by atoms with E-state index in [1.807, 2.05) is 6.08 Å². The summed E-state index contributed by atoms with van der Waals surface area (Å²) in [4.78, 5) is 34.6. The number of hydrogen-bond acceptors (Lipinski definition) is 4. The summed E-state index contributed by atoms with van der Waals surface area (Å²) in [5.74, 6) is -1.37. The SMILES string of the molecule is CC/C=C\C/C=C\C/C=C\C/C=C\C/C=C\CCCCCCCC(=O)OC(/C=C\CCCC)CCCCCCC(=O)NCC(=O)O. The topological polar surface area (TPSA) is 92.7 Å². The molecule has 0 aromatic carbocycles. The minimum Gasteiger partial charge on any atom is -0.480 e. The van der Waals surface area contributed by atoms with E-state index in [0.29, 0.717) is 12.8 Å². The van der Waals surface area contributed by atoms with Crippen molar-refractivity contribution in [1.82, 2.24) is 5.32 Å². The van der Waals surface area contributed by atoms with Crippen LogP contribution in [0.2, 0.25) is 0 Å². The highest BCUT2D eigenvalue weighted by atomic mass is 16.5. The summed E-state index contributed by atoms with van der Waals surface area (Å²) in [5.41, 5.74) is 0. The highest BCUT2D eigenvalue weighted by molar-refractivity contribution is 5.80. The van der Waals surface area contributed by atoms with Gasteiger partial charge in [-0.2, -0.15) is 0 Å². The first-order chi connectivity index (χ1) is 22.5. The number of unbranched alkanes of at least 4 members (excludes halogenated alkanes) is 10. The average Bonchev–Trinajstić information content (AvgIpc) is 3.04. The Bertz CT molecular complexity index is 928. The van der Waals surface area contributed by atoms with Crippen LogP contribution in [-0.4, -0.2) is 35.6 Å². The first kappa shape index (κ1) is 42.9. The van der Waals surface area contributed by atoms with E-state index in [1.54, 1.807) is 0 Å². The van der Waals surface area contributed by atoms with Gasteiger partial charge in [0.15, 0.2) is 0 Å². The molecule has 1 amide bonds. The number of amides is 1. The maximum absolute atomic E-state index is 12.5. The first-order valence-electron chi connectivity index (χ1n) is 18.1. The zero-order chi connectivity index (χ0) is 33.8. The van der Waals surface area contributed by atoms with Crippen molar-refractivity contribution in [3.8, 4) is 0 Å². The van der Waals surface area contributed by atoms with E-state index in [2.05, 4.69) is 86.0 Å². The summed E-state index contributed by atoms with van der Waals surface area (Å²) in [5, 5.41) is 11.0. The van der Waals surface area contributed by atoms with Crippen molar-refractivity contribution in [3.05, 3.63) is 72.9 Å². The molecule has 0 aromatic heterocycles. The fourth-order valence-corrected chi connectivity index (χ4v) is 4.67. The van der Waals surface area contributed by atoms with E-state index < -0.39 is 5.97 Å². The van der Waals surface area contributed by atoms with Crippen molar-refractivity contribution in [2.75, 3.05) is 6.54 Å². The molecule has 1 atom stereocenters. The summed E-state index contributed by atoms with van der Waals surface area (Å²) >= 11 is 0. The van der Waals surface area contributed by atoms with E-state index in [4.69, 9.17) is 9.84 Å². The highest BCUT2D eigenvalue weighted by Gasteiger charge is 2.11. The van der Waals surface area contributed by atoms with Crippen LogP contribution < -0.4 is 5.32 Å². The zero-order valence-electron chi connectivity index (χ0n) is 29.1. The fraction of sp³-hybridized carbons (Fsp3) is 0.625. The van der Waals surface area contributed by atoms with Gasteiger partial charge in [0.2, 0.25) is 5.91 Å². The Morgan fingerprint density at radius 3 is 1.74 bits per heavy atom. The maximum Gasteiger partial charge on any atom is 0.322 e. The number of hydrogen-bond donors (Lipinski definition) is 2. The molecule has 0 bridgehead atoms. The van der Waals surface area contributed by atoms with Gasteiger partial charge in [0.05, 0.1) is 0 Å². The molecule has 0 rings (SSSR count). The van der Waals surface area contributed by atoms with Gasteiger partial charge in [-0.1, -0.05) is 126 Å². The van der Waals surface area contributed by atoms with Crippen molar-refractivity contribution in [2.45, 2.75) is 155 Å². The van der Waals surface area contributed by atoms with Crippen LogP contribution in [-0.2, 0) is 19.1 Å². The van der Waals surface area contributed by atoms with Crippen molar-refractivity contribution < 1.29 is 24.2 Å². The summed E-state index contributed by atoms with van der Waals surface area (Å²) in [6.45, 7) is 3.99. The summed E-state index contributed by atoms with van der Waals surface area (Å²) < 4.78 is 5.81. The monoisotopic (exact) mass is 639 g/mol. The van der Waals surface area contributed by atoms with Gasteiger partial charge in [0, 0.05) is 12.8 Å². The lowest BCUT2D eigenvalue weighted by atomic mass is 10.1. The van der Waals surface area contributed by atoms with Gasteiger partial charge >= 0.3 is 11.9 Å². The second-order valence-corrected chi connectivity index (χ2v) is 11.7. The van der Waals surface area contributed by atoms with Crippen LogP contribution in [0, 0.1) is 0 Å². The molecule has 0 aromatic rings. The number of carboxylic acids is 1. The van der Waals surface area contributed by atoms with E-state index in [0.717, 1.165) is 109 Å². The van der Waals surface area contributed by atoms with Gasteiger partial charge < -0.3 is 15.2 Å². The number of aliphatic carboxylic acids is 1. The Morgan fingerprint density at radius 2 is 1.13 bits per heavy atom. The molecule has 0 fully saturated rings. The smallest absolute Gasteiger partial charge is 0.322 e. The minimum atomic E-state index is -1.03. The predicted octanol–water partition coefficient (Wildman–Crippen LogP) is 10.7. The van der Waals surface area contributed by atoms with Gasteiger partial charge in [-0.3, -0.25) is 14.4 Å². The van der Waals surface area contributed by atoms with Crippen LogP contribution in [0.15, 0.2) is 72.9 Å². The van der Waals surface area contributed by atoms with E-state index >= 15 is 0 Å². The molecule has 0 aliphatic carbocycles. The summed E-state index contributed by atoms with van der Waals surface area (Å²) in [7, 11) is 0. The molecule has 6 nitrogen and oxygen atoms in total. The second-order valence-electron chi connectivity index (χ2n) is 11.7. The molecule has 260 valence electrons. The van der Waals surface area contributed by atoms with Gasteiger partial charge in [-0.25, -0.2) is 0 Å². The Hall–Kier alpha value is -3.15. The molecule has 0 spiro atoms. The van der Waals surface area contributed by atoms with Crippen LogP contribution in [0.25, 0.3) is 0 Å². The Morgan fingerprint density at radius 1 is 0.609 bits per heavy atom. The summed E-state index contributed by atoms with van der Waals surface area (Å²) in [6.07, 6.45) is 46.3. The van der Waals surface area contributed by atoms with E-state index in [9.17, 15) is 14.4 Å². The molecular weight excluding hydrogens is 574 g/mol. The molecule has 46 heavy (non-hydrogen) atoms. The predicted molar refractivity (Wildman–Crippen MR) is 194 cm³/mol. The third kappa shape index (κ3) is 33.7. The van der Waals surface area contributed by atoms with Crippen LogP contribution in [0.5, 0.6) is 0 Å². The number of ether oxygens (including phenoxy) is 1. The Balaban J connectivity index is 3.95. The maximum atomic E-state index is 12.5. The van der Waals surface area contributed by atoms with Crippen LogP contribution >= 0.6 is 0 Å². The molecule has 0 saturated heterocycles. The van der Waals surface area contributed by atoms with Gasteiger partial charge in [-0.15, -0.1) is 0 Å². The third-order valence-corrected chi connectivity index (χ3v) is 7.35. The lowest BCUT2D eigenvalue weighted by Crippen LogP contribution is -2.28. The zero-order valence-corrected chi connectivity index (χ0v) is 29.1. The number of rotatable bonds is 31. The van der Waals surface area contributed by atoms with Gasteiger partial charge in [0.25, 0.3) is 0 Å². The number of carbonyl (C=O) groups is 3. The first-order valence-corrected chi connectivity index (χ1v) is 18.1. The second kappa shape index (κ2) is 34.7. The summed E-state index contributed by atoms with van der Waals surface area (Å²) in [6, 6.07) is 0. The van der Waals surface area contributed by atoms with Gasteiger partial charge in [-0.05, 0) is 83.1 Å². The third-order valence-electron chi connectivity index (χ3n) is 7.35. The standard InChI is InChI=1S/C40H65NO5/c1-3-5-7-9-10-11-12-13-14-15-16-17-18-19-20-21-22-23-24-25-31-35-40(45)46-37(32-28-8-6-4-2)33-29-26-27-30-34-38(42)41-36-39(43)44/h5,7,10-11,13-14,16-17,19-20,28,32,37H,3-4,6,8-9,12,15,18,21-27,29-31,33-36H2,1-2H3,(H,41,42)(H,43,44)/b7-5-,11-10-,14-13-,17-16-,20-19-,32-28-. The number of allylic oxidation sites excluding steroid dienone is 11. The molecule has 6 heteroatoms. The van der Waals surface area contributed by atoms with E-state index in [1.165, 1.54) is 12.8 Å². The molecular formula is C40H65NO5. The van der Waals surface area contributed by atoms with Crippen molar-refractivity contribution >= 4 is 17.8 Å². The molecule has 0 heterocycles. The molecule has 0 aliphatic rings. The number of esters is 1. The Labute approximate surface area is 281 Å². The van der Waals surface area contributed by atoms with E-state index in [-0.39, 0.29) is 24.5 Å². The molecule has 1 unspecified atom stereocenters. The fourth-order valence-electron chi connectivity index (χ4n) is 4.67. The van der Waals surface area contributed by atoms with Crippen molar-refractivity contribution in [1.29, 1.82) is 0 Å². The number of carbonyl (C=O) groups excluding carboxylic acids is 2.